The Morgan fingerprint density at radius 2 is 1.95 bits per heavy atom. The Morgan fingerprint density at radius 3 is 2.47 bits per heavy atom. The molecule has 1 atom stereocenters. The second-order valence-corrected chi connectivity index (χ2v) is 4.19. The molecule has 102 valence electrons. The van der Waals surface area contributed by atoms with E-state index in [1.165, 1.54) is 0 Å². The molecule has 0 amide bonds. The van der Waals surface area contributed by atoms with Crippen LogP contribution in [-0.4, -0.2) is 9.97 Å². The van der Waals surface area contributed by atoms with Gasteiger partial charge >= 0.3 is 0 Å². The van der Waals surface area contributed by atoms with Crippen molar-refractivity contribution >= 4 is 0 Å². The van der Waals surface area contributed by atoms with Crippen molar-refractivity contribution in [1.82, 2.24) is 15.3 Å². The third-order valence-corrected chi connectivity index (χ3v) is 2.85. The smallest absolute Gasteiger partial charge is 0.194 e. The number of H-pyrrole nitrogens is 1. The number of imidazole rings is 1. The van der Waals surface area contributed by atoms with Crippen LogP contribution < -0.4 is 5.32 Å². The molecule has 0 fully saturated rings. The van der Waals surface area contributed by atoms with Gasteiger partial charge in [0.25, 0.3) is 0 Å². The van der Waals surface area contributed by atoms with E-state index in [0.29, 0.717) is 5.56 Å². The number of aromatic nitrogens is 2. The lowest BCUT2D eigenvalue weighted by Crippen LogP contribution is -2.21. The average Bonchev–Trinajstić information content (AvgIpc) is 2.90. The lowest BCUT2D eigenvalue weighted by atomic mass is 10.1. The van der Waals surface area contributed by atoms with Crippen molar-refractivity contribution in [1.29, 1.82) is 0 Å². The van der Waals surface area contributed by atoms with E-state index in [1.807, 2.05) is 6.92 Å². The topological polar surface area (TPSA) is 40.7 Å². The first-order chi connectivity index (χ1) is 9.11. The van der Waals surface area contributed by atoms with Crippen LogP contribution in [0.2, 0.25) is 0 Å². The molecule has 1 aromatic heterocycles. The van der Waals surface area contributed by atoms with Crippen LogP contribution in [0.4, 0.5) is 13.2 Å². The molecule has 1 heterocycles. The molecule has 0 saturated carbocycles. The van der Waals surface area contributed by atoms with Gasteiger partial charge in [0.2, 0.25) is 0 Å². The molecule has 2 N–H and O–H groups in total. The summed E-state index contributed by atoms with van der Waals surface area (Å²) in [6.07, 6.45) is 4.10. The molecular formula is C13H14F3N3. The lowest BCUT2D eigenvalue weighted by Gasteiger charge is -2.14. The van der Waals surface area contributed by atoms with Crippen LogP contribution in [0, 0.1) is 17.5 Å². The predicted octanol–water partition coefficient (Wildman–Crippen LogP) is 3.07. The monoisotopic (exact) mass is 269 g/mol. The fraction of sp³-hybridized carbons (Fsp3) is 0.308. The van der Waals surface area contributed by atoms with Crippen LogP contribution in [0.3, 0.4) is 0 Å². The molecule has 0 spiro atoms. The maximum atomic E-state index is 13.1. The number of nitrogens with zero attached hydrogens (tertiary/aromatic N) is 1. The Bertz CT molecular complexity index is 517. The Balaban J connectivity index is 2.06. The number of rotatable bonds is 5. The highest BCUT2D eigenvalue weighted by molar-refractivity contribution is 5.19. The first kappa shape index (κ1) is 13.6. The maximum Gasteiger partial charge on any atom is 0.194 e. The van der Waals surface area contributed by atoms with E-state index in [9.17, 15) is 13.2 Å². The quantitative estimate of drug-likeness (QED) is 0.819. The predicted molar refractivity (Wildman–Crippen MR) is 64.8 cm³/mol. The van der Waals surface area contributed by atoms with Crippen molar-refractivity contribution in [3.05, 3.63) is 53.4 Å². The van der Waals surface area contributed by atoms with Gasteiger partial charge in [-0.2, -0.15) is 0 Å². The molecular weight excluding hydrogens is 255 g/mol. The molecule has 0 radical (unpaired) electrons. The van der Waals surface area contributed by atoms with Crippen LogP contribution in [0.1, 0.15) is 30.8 Å². The van der Waals surface area contributed by atoms with E-state index >= 15 is 0 Å². The number of nitrogens with one attached hydrogen (secondary N) is 2. The minimum absolute atomic E-state index is 0.0498. The maximum absolute atomic E-state index is 13.1. The van der Waals surface area contributed by atoms with Gasteiger partial charge in [-0.15, -0.1) is 0 Å². The highest BCUT2D eigenvalue weighted by Gasteiger charge is 2.13. The summed E-state index contributed by atoms with van der Waals surface area (Å²) in [6.45, 7) is 2.19. The molecule has 19 heavy (non-hydrogen) atoms. The molecule has 0 aliphatic rings. The summed E-state index contributed by atoms with van der Waals surface area (Å²) >= 11 is 0. The van der Waals surface area contributed by atoms with Gasteiger partial charge in [-0.25, -0.2) is 18.2 Å². The summed E-state index contributed by atoms with van der Waals surface area (Å²) in [5, 5.41) is 3.11. The van der Waals surface area contributed by atoms with Crippen LogP contribution in [0.25, 0.3) is 0 Å². The zero-order valence-corrected chi connectivity index (χ0v) is 10.4. The summed E-state index contributed by atoms with van der Waals surface area (Å²) in [7, 11) is 0. The lowest BCUT2D eigenvalue weighted by molar-refractivity contribution is 0.441. The summed E-state index contributed by atoms with van der Waals surface area (Å²) in [4.78, 5) is 7.10. The van der Waals surface area contributed by atoms with Gasteiger partial charge in [0.15, 0.2) is 17.5 Å². The van der Waals surface area contributed by atoms with Crippen molar-refractivity contribution in [3.8, 4) is 0 Å². The third-order valence-electron chi connectivity index (χ3n) is 2.85. The molecule has 1 aromatic carbocycles. The Kier molecular flexibility index (Phi) is 4.21. The summed E-state index contributed by atoms with van der Waals surface area (Å²) in [5.74, 6) is -3.04. The van der Waals surface area contributed by atoms with Gasteiger partial charge in [0.1, 0.15) is 5.82 Å². The minimum atomic E-state index is -1.44. The molecule has 0 aliphatic carbocycles. The van der Waals surface area contributed by atoms with Gasteiger partial charge in [-0.1, -0.05) is 6.92 Å². The van der Waals surface area contributed by atoms with E-state index < -0.39 is 17.5 Å². The van der Waals surface area contributed by atoms with E-state index in [1.54, 1.807) is 12.4 Å². The number of hydrogen-bond acceptors (Lipinski definition) is 2. The zero-order valence-electron chi connectivity index (χ0n) is 10.4. The number of hydrogen-bond donors (Lipinski definition) is 2. The number of halogens is 3. The molecule has 0 aliphatic heterocycles. The van der Waals surface area contributed by atoms with Crippen LogP contribution in [0.5, 0.6) is 0 Å². The molecule has 0 saturated heterocycles. The Labute approximate surface area is 108 Å². The summed E-state index contributed by atoms with van der Waals surface area (Å²) in [5.41, 5.74) is 0.349. The largest absolute Gasteiger partial charge is 0.347 e. The van der Waals surface area contributed by atoms with E-state index in [2.05, 4.69) is 15.3 Å². The van der Waals surface area contributed by atoms with E-state index in [-0.39, 0.29) is 12.6 Å². The van der Waals surface area contributed by atoms with Gasteiger partial charge in [-0.3, -0.25) is 0 Å². The number of aromatic amines is 1. The highest BCUT2D eigenvalue weighted by atomic mass is 19.2. The molecule has 0 bridgehead atoms. The minimum Gasteiger partial charge on any atom is -0.347 e. The average molecular weight is 269 g/mol. The van der Waals surface area contributed by atoms with Crippen LogP contribution in [-0.2, 0) is 6.54 Å². The van der Waals surface area contributed by atoms with Gasteiger partial charge in [0, 0.05) is 18.9 Å². The fourth-order valence-electron chi connectivity index (χ4n) is 1.85. The molecule has 3 nitrogen and oxygen atoms in total. The van der Waals surface area contributed by atoms with Crippen LogP contribution in [0.15, 0.2) is 24.5 Å². The summed E-state index contributed by atoms with van der Waals surface area (Å²) < 4.78 is 38.9. The first-order valence-electron chi connectivity index (χ1n) is 5.98. The molecule has 6 heteroatoms. The number of benzene rings is 1. The van der Waals surface area contributed by atoms with Crippen molar-refractivity contribution in [2.75, 3.05) is 0 Å². The van der Waals surface area contributed by atoms with E-state index in [4.69, 9.17) is 0 Å². The molecule has 2 rings (SSSR count). The SMILES string of the molecule is CCC(NCc1cc(F)c(F)c(F)c1)c1ncc[nH]1. The highest BCUT2D eigenvalue weighted by Crippen LogP contribution is 2.16. The molecule has 2 aromatic rings. The molecule has 1 unspecified atom stereocenters. The Hall–Kier alpha value is -1.82. The van der Waals surface area contributed by atoms with Gasteiger partial charge in [-0.05, 0) is 24.1 Å². The zero-order chi connectivity index (χ0) is 13.8. The van der Waals surface area contributed by atoms with Crippen molar-refractivity contribution in [2.45, 2.75) is 25.9 Å². The second-order valence-electron chi connectivity index (χ2n) is 4.19. The Morgan fingerprint density at radius 1 is 1.26 bits per heavy atom. The van der Waals surface area contributed by atoms with Crippen molar-refractivity contribution < 1.29 is 13.2 Å². The van der Waals surface area contributed by atoms with Crippen LogP contribution >= 0.6 is 0 Å². The fourth-order valence-corrected chi connectivity index (χ4v) is 1.85. The first-order valence-corrected chi connectivity index (χ1v) is 5.98. The van der Waals surface area contributed by atoms with Gasteiger partial charge in [0.05, 0.1) is 6.04 Å². The van der Waals surface area contributed by atoms with Gasteiger partial charge < -0.3 is 10.3 Å². The summed E-state index contributed by atoms with van der Waals surface area (Å²) in [6, 6.07) is 1.92. The standard InChI is InChI=1S/C13H14F3N3/c1-2-11(13-17-3-4-18-13)19-7-8-5-9(14)12(16)10(15)6-8/h3-6,11,19H,2,7H2,1H3,(H,17,18). The second kappa shape index (κ2) is 5.88. The normalized spacial score (nSPS) is 12.6. The third kappa shape index (κ3) is 3.14. The van der Waals surface area contributed by atoms with Crippen molar-refractivity contribution in [3.63, 3.8) is 0 Å². The van der Waals surface area contributed by atoms with E-state index in [0.717, 1.165) is 24.4 Å². The van der Waals surface area contributed by atoms with Crippen molar-refractivity contribution in [2.24, 2.45) is 0 Å².